The zero-order chi connectivity index (χ0) is 22.7. The number of anilines is 1. The quantitative estimate of drug-likeness (QED) is 0.550. The monoisotopic (exact) mass is 431 g/mol. The number of benzene rings is 3. The van der Waals surface area contributed by atoms with E-state index in [0.29, 0.717) is 41.3 Å². The van der Waals surface area contributed by atoms with Gasteiger partial charge in [-0.05, 0) is 36.2 Å². The highest BCUT2D eigenvalue weighted by molar-refractivity contribution is 6.10. The number of ketones is 1. The minimum atomic E-state index is -1.92. The Bertz CT molecular complexity index is 1140. The molecule has 0 unspecified atom stereocenters. The van der Waals surface area contributed by atoms with E-state index in [1.807, 2.05) is 36.4 Å². The predicted octanol–water partition coefficient (Wildman–Crippen LogP) is 3.75. The summed E-state index contributed by atoms with van der Waals surface area (Å²) in [6.07, 6.45) is 0.279. The van der Waals surface area contributed by atoms with Crippen LogP contribution in [0.25, 0.3) is 0 Å². The minimum absolute atomic E-state index is 0.337. The summed E-state index contributed by atoms with van der Waals surface area (Å²) in [4.78, 5) is 28.0. The molecule has 6 nitrogen and oxygen atoms in total. The Morgan fingerprint density at radius 3 is 2.34 bits per heavy atom. The van der Waals surface area contributed by atoms with Gasteiger partial charge in [-0.1, -0.05) is 48.5 Å². The Hall–Kier alpha value is -3.64. The Labute approximate surface area is 187 Å². The van der Waals surface area contributed by atoms with E-state index in [1.54, 1.807) is 41.3 Å². The molecule has 3 aromatic rings. The van der Waals surface area contributed by atoms with Crippen molar-refractivity contribution in [2.24, 2.45) is 0 Å². The topological polar surface area (TPSA) is 76.1 Å². The molecule has 6 heteroatoms. The molecule has 32 heavy (non-hydrogen) atoms. The third-order valence-corrected chi connectivity index (χ3v) is 5.83. The molecule has 1 amide bonds. The summed E-state index contributed by atoms with van der Waals surface area (Å²) < 4.78 is 10.5. The smallest absolute Gasteiger partial charge is 0.264 e. The first-order valence-corrected chi connectivity index (χ1v) is 10.4. The number of hydrogen-bond donors (Lipinski definition) is 1. The van der Waals surface area contributed by atoms with Crippen LogP contribution >= 0.6 is 0 Å². The number of amides is 1. The highest BCUT2D eigenvalue weighted by Crippen LogP contribution is 2.43. The second kappa shape index (κ2) is 8.85. The van der Waals surface area contributed by atoms with Crippen molar-refractivity contribution in [3.8, 4) is 11.5 Å². The van der Waals surface area contributed by atoms with Crippen molar-refractivity contribution < 1.29 is 24.2 Å². The fraction of sp³-hybridized carbons (Fsp3) is 0.231. The van der Waals surface area contributed by atoms with Gasteiger partial charge in [-0.3, -0.25) is 9.59 Å². The molecule has 0 bridgehead atoms. The molecule has 0 aromatic heterocycles. The summed E-state index contributed by atoms with van der Waals surface area (Å²) >= 11 is 0. The molecule has 4 rings (SSSR count). The number of carbonyl (C=O) groups excluding carboxylic acids is 2. The number of carbonyl (C=O) groups is 2. The molecule has 1 N–H and O–H groups in total. The second-order valence-electron chi connectivity index (χ2n) is 7.74. The van der Waals surface area contributed by atoms with E-state index in [2.05, 4.69) is 0 Å². The molecule has 1 heterocycles. The van der Waals surface area contributed by atoms with Gasteiger partial charge in [-0.25, -0.2) is 0 Å². The lowest BCUT2D eigenvalue weighted by atomic mass is 9.88. The number of para-hydroxylation sites is 1. The summed E-state index contributed by atoms with van der Waals surface area (Å²) in [5.41, 5.74) is 0.596. The van der Waals surface area contributed by atoms with Crippen LogP contribution in [0.1, 0.15) is 27.9 Å². The van der Waals surface area contributed by atoms with Crippen LogP contribution in [0.3, 0.4) is 0 Å². The number of hydrogen-bond acceptors (Lipinski definition) is 5. The molecule has 0 spiro atoms. The molecule has 1 aliphatic rings. The molecule has 0 aliphatic carbocycles. The Morgan fingerprint density at radius 2 is 1.62 bits per heavy atom. The number of rotatable bonds is 8. The van der Waals surface area contributed by atoms with Crippen LogP contribution in [-0.4, -0.2) is 37.6 Å². The van der Waals surface area contributed by atoms with Crippen LogP contribution in [0.5, 0.6) is 11.5 Å². The maximum absolute atomic E-state index is 13.4. The number of nitrogens with zero attached hydrogens (tertiary/aromatic N) is 1. The highest BCUT2D eigenvalue weighted by atomic mass is 16.5. The van der Waals surface area contributed by atoms with Gasteiger partial charge in [-0.2, -0.15) is 0 Å². The third kappa shape index (κ3) is 3.85. The highest BCUT2D eigenvalue weighted by Gasteiger charge is 2.50. The molecule has 3 aromatic carbocycles. The van der Waals surface area contributed by atoms with Crippen molar-refractivity contribution in [3.05, 3.63) is 89.5 Å². The third-order valence-electron chi connectivity index (χ3n) is 5.83. The van der Waals surface area contributed by atoms with E-state index < -0.39 is 11.5 Å². The van der Waals surface area contributed by atoms with E-state index in [1.165, 1.54) is 14.2 Å². The zero-order valence-electron chi connectivity index (χ0n) is 18.1. The molecule has 1 aliphatic heterocycles. The number of Topliss-reactive ketones (excluding diaryl/α,β-unsaturated/α-hetero) is 1. The summed E-state index contributed by atoms with van der Waals surface area (Å²) in [5, 5.41) is 11.5. The first kappa shape index (κ1) is 21.6. The summed E-state index contributed by atoms with van der Waals surface area (Å²) in [7, 11) is 3.00. The fourth-order valence-electron chi connectivity index (χ4n) is 4.13. The zero-order valence-corrected chi connectivity index (χ0v) is 18.1. The molecule has 164 valence electrons. The lowest BCUT2D eigenvalue weighted by Crippen LogP contribution is -2.42. The van der Waals surface area contributed by atoms with Crippen molar-refractivity contribution >= 4 is 17.4 Å². The van der Waals surface area contributed by atoms with Crippen molar-refractivity contribution in [1.82, 2.24) is 0 Å². The summed E-state index contributed by atoms with van der Waals surface area (Å²) in [5.74, 6) is 0.0649. The largest absolute Gasteiger partial charge is 0.493 e. The molecular weight excluding hydrogens is 406 g/mol. The average molecular weight is 431 g/mol. The molecule has 0 radical (unpaired) electrons. The van der Waals surface area contributed by atoms with Crippen LogP contribution in [-0.2, 0) is 16.8 Å². The lowest BCUT2D eigenvalue weighted by molar-refractivity contribution is -0.135. The number of ether oxygens (including phenoxy) is 2. The standard InChI is InChI=1S/C26H25NO5/c1-31-23-13-12-19(16-24(23)32-2)22(28)17-26(30)20-10-6-7-11-21(20)27(25(26)29)15-14-18-8-4-3-5-9-18/h3-13,16,30H,14-15,17H2,1-2H3/t26-/m0/s1. The van der Waals surface area contributed by atoms with Gasteiger partial charge in [0.1, 0.15) is 0 Å². The van der Waals surface area contributed by atoms with Crippen LogP contribution in [0.4, 0.5) is 5.69 Å². The van der Waals surface area contributed by atoms with Crippen molar-refractivity contribution in [1.29, 1.82) is 0 Å². The maximum Gasteiger partial charge on any atom is 0.264 e. The van der Waals surface area contributed by atoms with Crippen LogP contribution < -0.4 is 14.4 Å². The molecule has 0 saturated carbocycles. The van der Waals surface area contributed by atoms with E-state index in [-0.39, 0.29) is 12.2 Å². The fourth-order valence-corrected chi connectivity index (χ4v) is 4.13. The predicted molar refractivity (Wildman–Crippen MR) is 121 cm³/mol. The lowest BCUT2D eigenvalue weighted by Gasteiger charge is -2.23. The second-order valence-corrected chi connectivity index (χ2v) is 7.74. The molecule has 0 fully saturated rings. The van der Waals surface area contributed by atoms with Gasteiger partial charge >= 0.3 is 0 Å². The van der Waals surface area contributed by atoms with Gasteiger partial charge in [0.2, 0.25) is 0 Å². The summed E-state index contributed by atoms with van der Waals surface area (Å²) in [6.45, 7) is 0.409. The SMILES string of the molecule is COc1ccc(C(=O)C[C@@]2(O)C(=O)N(CCc3ccccc3)c3ccccc32)cc1OC. The number of methoxy groups -OCH3 is 2. The Balaban J connectivity index is 1.60. The van der Waals surface area contributed by atoms with Gasteiger partial charge in [0.15, 0.2) is 22.9 Å². The van der Waals surface area contributed by atoms with E-state index >= 15 is 0 Å². The van der Waals surface area contributed by atoms with Crippen molar-refractivity contribution in [3.63, 3.8) is 0 Å². The molecule has 1 atom stereocenters. The number of fused-ring (bicyclic) bond motifs is 1. The van der Waals surface area contributed by atoms with Crippen LogP contribution in [0.2, 0.25) is 0 Å². The maximum atomic E-state index is 13.4. The van der Waals surface area contributed by atoms with Gasteiger partial charge in [-0.15, -0.1) is 0 Å². The minimum Gasteiger partial charge on any atom is -0.493 e. The van der Waals surface area contributed by atoms with Crippen molar-refractivity contribution in [2.45, 2.75) is 18.4 Å². The van der Waals surface area contributed by atoms with Crippen LogP contribution in [0.15, 0.2) is 72.8 Å². The van der Waals surface area contributed by atoms with Gasteiger partial charge in [0, 0.05) is 17.7 Å². The average Bonchev–Trinajstić information content (AvgIpc) is 3.04. The first-order chi connectivity index (χ1) is 15.5. The van der Waals surface area contributed by atoms with Gasteiger partial charge < -0.3 is 19.5 Å². The van der Waals surface area contributed by atoms with Crippen LogP contribution in [0, 0.1) is 0 Å². The molecular formula is C26H25NO5. The van der Waals surface area contributed by atoms with E-state index in [9.17, 15) is 14.7 Å². The normalized spacial score (nSPS) is 17.2. The Kier molecular flexibility index (Phi) is 5.97. The summed E-state index contributed by atoms with van der Waals surface area (Å²) in [6, 6.07) is 21.7. The van der Waals surface area contributed by atoms with Gasteiger partial charge in [0.25, 0.3) is 5.91 Å². The van der Waals surface area contributed by atoms with Crippen molar-refractivity contribution in [2.75, 3.05) is 25.7 Å². The number of aliphatic hydroxyl groups is 1. The first-order valence-electron chi connectivity index (χ1n) is 10.4. The molecule has 0 saturated heterocycles. The van der Waals surface area contributed by atoms with Gasteiger partial charge in [0.05, 0.1) is 26.3 Å². The Morgan fingerprint density at radius 1 is 0.938 bits per heavy atom. The van der Waals surface area contributed by atoms with E-state index in [0.717, 1.165) is 5.56 Å². The van der Waals surface area contributed by atoms with E-state index in [4.69, 9.17) is 9.47 Å².